The van der Waals surface area contributed by atoms with Gasteiger partial charge in [-0.1, -0.05) is 0 Å². The van der Waals surface area contributed by atoms with Crippen molar-refractivity contribution in [3.63, 3.8) is 0 Å². The predicted molar refractivity (Wildman–Crippen MR) is 118 cm³/mol. The largest absolute Gasteiger partial charge is 0.439 e. The first-order valence-corrected chi connectivity index (χ1v) is 10.1. The summed E-state index contributed by atoms with van der Waals surface area (Å²) < 4.78 is 20.4. The van der Waals surface area contributed by atoms with Gasteiger partial charge in [-0.2, -0.15) is 5.10 Å². The van der Waals surface area contributed by atoms with Crippen LogP contribution in [0.3, 0.4) is 0 Å². The maximum Gasteiger partial charge on any atom is 0.246 e. The minimum Gasteiger partial charge on any atom is -0.439 e. The number of carbonyl (C=O) groups excluding carboxylic acids is 1. The molecule has 1 N–H and O–H groups in total. The standard InChI is InChI=1S/C22H24FN7O2/c1-24-22(29-9-10-30(21(31)15-29)18-13-27-28(2)14-18)26-12-16-7-8-25-20(11-16)32-19-5-3-17(23)4-6-19/h3-8,11,13-14H,9-10,12,15H2,1-2H3,(H,24,26). The zero-order chi connectivity index (χ0) is 22.5. The van der Waals surface area contributed by atoms with E-state index in [1.165, 1.54) is 12.1 Å². The summed E-state index contributed by atoms with van der Waals surface area (Å²) in [6, 6.07) is 9.43. The van der Waals surface area contributed by atoms with E-state index in [2.05, 4.69) is 20.4 Å². The summed E-state index contributed by atoms with van der Waals surface area (Å²) in [6.07, 6.45) is 5.17. The molecule has 3 heterocycles. The van der Waals surface area contributed by atoms with Crippen LogP contribution in [-0.4, -0.2) is 58.2 Å². The summed E-state index contributed by atoms with van der Waals surface area (Å²) in [4.78, 5) is 24.8. The number of guanidine groups is 1. The molecule has 0 aliphatic carbocycles. The first kappa shape index (κ1) is 21.3. The fourth-order valence-corrected chi connectivity index (χ4v) is 3.43. The molecule has 1 aromatic carbocycles. The van der Waals surface area contributed by atoms with Gasteiger partial charge in [0.05, 0.1) is 11.9 Å². The molecule has 1 amide bonds. The molecule has 4 rings (SSSR count). The third-order valence-corrected chi connectivity index (χ3v) is 5.02. The highest BCUT2D eigenvalue weighted by atomic mass is 19.1. The molecular formula is C22H24FN7O2. The third-order valence-electron chi connectivity index (χ3n) is 5.02. The van der Waals surface area contributed by atoms with Crippen LogP contribution in [0.1, 0.15) is 5.56 Å². The van der Waals surface area contributed by atoms with Crippen molar-refractivity contribution in [1.29, 1.82) is 0 Å². The zero-order valence-electron chi connectivity index (χ0n) is 17.9. The Balaban J connectivity index is 1.35. The summed E-state index contributed by atoms with van der Waals surface area (Å²) in [5, 5.41) is 7.43. The summed E-state index contributed by atoms with van der Waals surface area (Å²) >= 11 is 0. The highest BCUT2D eigenvalue weighted by Crippen LogP contribution is 2.20. The number of ether oxygens (including phenoxy) is 1. The van der Waals surface area contributed by atoms with Gasteiger partial charge >= 0.3 is 0 Å². The van der Waals surface area contributed by atoms with E-state index in [4.69, 9.17) is 4.74 Å². The number of piperazine rings is 1. The minimum absolute atomic E-state index is 0.00825. The molecular weight excluding hydrogens is 413 g/mol. The van der Waals surface area contributed by atoms with Crippen LogP contribution in [0.25, 0.3) is 0 Å². The van der Waals surface area contributed by atoms with E-state index >= 15 is 0 Å². The summed E-state index contributed by atoms with van der Waals surface area (Å²) in [7, 11) is 3.52. The number of aromatic nitrogens is 3. The smallest absolute Gasteiger partial charge is 0.246 e. The molecule has 32 heavy (non-hydrogen) atoms. The molecule has 10 heteroatoms. The lowest BCUT2D eigenvalue weighted by atomic mass is 10.2. The Morgan fingerprint density at radius 3 is 2.75 bits per heavy atom. The lowest BCUT2D eigenvalue weighted by Crippen LogP contribution is -2.55. The van der Waals surface area contributed by atoms with Gasteiger partial charge in [-0.05, 0) is 35.9 Å². The van der Waals surface area contributed by atoms with Gasteiger partial charge in [-0.25, -0.2) is 9.37 Å². The normalized spacial score (nSPS) is 14.6. The van der Waals surface area contributed by atoms with Crippen LogP contribution in [0.2, 0.25) is 0 Å². The number of benzene rings is 1. The average molecular weight is 437 g/mol. The van der Waals surface area contributed by atoms with Gasteiger partial charge in [-0.15, -0.1) is 0 Å². The highest BCUT2D eigenvalue weighted by molar-refractivity contribution is 5.98. The van der Waals surface area contributed by atoms with Crippen molar-refractivity contribution >= 4 is 17.6 Å². The topological polar surface area (TPSA) is 87.9 Å². The number of pyridine rings is 1. The number of aliphatic imine (C=N–C) groups is 1. The Kier molecular flexibility index (Phi) is 6.29. The lowest BCUT2D eigenvalue weighted by Gasteiger charge is -2.35. The van der Waals surface area contributed by atoms with Crippen LogP contribution < -0.4 is 15.0 Å². The first-order chi connectivity index (χ1) is 15.5. The van der Waals surface area contributed by atoms with Crippen LogP contribution in [0.15, 0.2) is 60.0 Å². The molecule has 9 nitrogen and oxygen atoms in total. The van der Waals surface area contributed by atoms with E-state index in [0.717, 1.165) is 11.3 Å². The fraction of sp³-hybridized carbons (Fsp3) is 0.273. The van der Waals surface area contributed by atoms with Crippen LogP contribution >= 0.6 is 0 Å². The number of amides is 1. The Bertz CT molecular complexity index is 1110. The quantitative estimate of drug-likeness (QED) is 0.486. The van der Waals surface area contributed by atoms with E-state index < -0.39 is 0 Å². The van der Waals surface area contributed by atoms with E-state index in [9.17, 15) is 9.18 Å². The monoisotopic (exact) mass is 437 g/mol. The second-order valence-corrected chi connectivity index (χ2v) is 7.30. The number of anilines is 1. The van der Waals surface area contributed by atoms with Gasteiger partial charge in [-0.3, -0.25) is 14.5 Å². The zero-order valence-corrected chi connectivity index (χ0v) is 17.9. The molecule has 0 unspecified atom stereocenters. The summed E-state index contributed by atoms with van der Waals surface area (Å²) in [5.74, 6) is 1.22. The van der Waals surface area contributed by atoms with Crippen molar-refractivity contribution in [3.8, 4) is 11.6 Å². The number of carbonyl (C=O) groups is 1. The molecule has 0 bridgehead atoms. The van der Waals surface area contributed by atoms with Crippen molar-refractivity contribution in [3.05, 3.63) is 66.4 Å². The van der Waals surface area contributed by atoms with Crippen molar-refractivity contribution in [2.75, 3.05) is 31.6 Å². The van der Waals surface area contributed by atoms with Gasteiger partial charge in [0.25, 0.3) is 0 Å². The molecule has 2 aromatic heterocycles. The van der Waals surface area contributed by atoms with Crippen molar-refractivity contribution < 1.29 is 13.9 Å². The Morgan fingerprint density at radius 1 is 1.25 bits per heavy atom. The Hall–Kier alpha value is -3.95. The van der Waals surface area contributed by atoms with Crippen LogP contribution in [0.4, 0.5) is 10.1 Å². The minimum atomic E-state index is -0.325. The van der Waals surface area contributed by atoms with Gasteiger partial charge in [0, 0.05) is 52.2 Å². The maximum atomic E-state index is 13.1. The summed E-state index contributed by atoms with van der Waals surface area (Å²) in [5.41, 5.74) is 1.73. The first-order valence-electron chi connectivity index (χ1n) is 10.1. The van der Waals surface area contributed by atoms with Crippen molar-refractivity contribution in [2.45, 2.75) is 6.54 Å². The second kappa shape index (κ2) is 9.46. The van der Waals surface area contributed by atoms with E-state index in [1.807, 2.05) is 24.2 Å². The molecule has 3 aromatic rings. The van der Waals surface area contributed by atoms with Gasteiger partial charge in [0.15, 0.2) is 5.96 Å². The maximum absolute atomic E-state index is 13.1. The van der Waals surface area contributed by atoms with Crippen molar-refractivity contribution in [1.82, 2.24) is 25.0 Å². The molecule has 0 atom stereocenters. The van der Waals surface area contributed by atoms with E-state index in [0.29, 0.717) is 37.2 Å². The van der Waals surface area contributed by atoms with Crippen molar-refractivity contribution in [2.24, 2.45) is 12.0 Å². The Morgan fingerprint density at radius 2 is 2.06 bits per heavy atom. The van der Waals surface area contributed by atoms with Gasteiger partial charge in [0.2, 0.25) is 11.8 Å². The Labute approximate surface area is 185 Å². The molecule has 0 spiro atoms. The highest BCUT2D eigenvalue weighted by Gasteiger charge is 2.27. The SMILES string of the molecule is CN=C(NCc1ccnc(Oc2ccc(F)cc2)c1)N1CCN(c2cnn(C)c2)C(=O)C1. The number of hydrogen-bond donors (Lipinski definition) is 1. The van der Waals surface area contributed by atoms with E-state index in [-0.39, 0.29) is 18.3 Å². The molecule has 0 radical (unpaired) electrons. The average Bonchev–Trinajstić information content (AvgIpc) is 3.22. The third kappa shape index (κ3) is 5.02. The van der Waals surface area contributed by atoms with Crippen LogP contribution in [0, 0.1) is 5.82 Å². The van der Waals surface area contributed by atoms with Gasteiger partial charge < -0.3 is 19.9 Å². The predicted octanol–water partition coefficient (Wildman–Crippen LogP) is 2.17. The molecule has 1 saturated heterocycles. The van der Waals surface area contributed by atoms with Crippen LogP contribution in [-0.2, 0) is 18.4 Å². The number of rotatable bonds is 5. The number of hydrogen-bond acceptors (Lipinski definition) is 5. The second-order valence-electron chi connectivity index (χ2n) is 7.30. The number of nitrogens with one attached hydrogen (secondary N) is 1. The fourth-order valence-electron chi connectivity index (χ4n) is 3.43. The molecule has 166 valence electrons. The lowest BCUT2D eigenvalue weighted by molar-refractivity contribution is -0.120. The van der Waals surface area contributed by atoms with Crippen LogP contribution in [0.5, 0.6) is 11.6 Å². The van der Waals surface area contributed by atoms with Gasteiger partial charge in [0.1, 0.15) is 18.1 Å². The summed E-state index contributed by atoms with van der Waals surface area (Å²) in [6.45, 7) is 1.90. The number of nitrogens with zero attached hydrogens (tertiary/aromatic N) is 6. The molecule has 1 aliphatic rings. The number of aryl methyl sites for hydroxylation is 1. The molecule has 1 aliphatic heterocycles. The molecule has 1 fully saturated rings. The number of halogens is 1. The van der Waals surface area contributed by atoms with E-state index in [1.54, 1.807) is 47.2 Å². The molecule has 0 saturated carbocycles.